The first kappa shape index (κ1) is 19.0. The summed E-state index contributed by atoms with van der Waals surface area (Å²) in [6.45, 7) is 3.24. The maximum absolute atomic E-state index is 12.6. The Bertz CT molecular complexity index is 822. The van der Waals surface area contributed by atoms with Gasteiger partial charge >= 0.3 is 0 Å². The fourth-order valence-electron chi connectivity index (χ4n) is 4.22. The number of imidazole rings is 1. The summed E-state index contributed by atoms with van der Waals surface area (Å²) < 4.78 is 13.8. The summed E-state index contributed by atoms with van der Waals surface area (Å²) >= 11 is 0. The Morgan fingerprint density at radius 1 is 1.29 bits per heavy atom. The summed E-state index contributed by atoms with van der Waals surface area (Å²) in [6.07, 6.45) is 4.98. The molecule has 1 aromatic heterocycles. The molecule has 1 fully saturated rings. The molecular weight excluding hydrogens is 356 g/mol. The summed E-state index contributed by atoms with van der Waals surface area (Å²) in [5.74, 6) is 1.85. The normalized spacial score (nSPS) is 21.3. The minimum Gasteiger partial charge on any atom is -0.497 e. The lowest BCUT2D eigenvalue weighted by Crippen LogP contribution is -2.53. The molecule has 7 nitrogen and oxygen atoms in total. The number of carbonyl (C=O) groups is 1. The van der Waals surface area contributed by atoms with Crippen LogP contribution in [0, 0.1) is 0 Å². The topological polar surface area (TPSA) is 59.8 Å². The highest BCUT2D eigenvalue weighted by atomic mass is 16.5. The number of likely N-dealkylation sites (N-methyl/N-ethyl adjacent to an activating group) is 1. The van der Waals surface area contributed by atoms with Crippen LogP contribution in [-0.4, -0.2) is 65.7 Å². The predicted octanol–water partition coefficient (Wildman–Crippen LogP) is 1.87. The Balaban J connectivity index is 1.46. The van der Waals surface area contributed by atoms with Crippen molar-refractivity contribution >= 4 is 5.91 Å². The Kier molecular flexibility index (Phi) is 5.12. The molecule has 2 aromatic rings. The van der Waals surface area contributed by atoms with Crippen LogP contribution in [0.4, 0.5) is 0 Å². The van der Waals surface area contributed by atoms with Crippen LogP contribution in [0.15, 0.2) is 36.7 Å². The number of rotatable bonds is 4. The van der Waals surface area contributed by atoms with Crippen LogP contribution in [0.5, 0.6) is 5.75 Å². The average Bonchev–Trinajstić information content (AvgIpc) is 3.19. The van der Waals surface area contributed by atoms with Crippen molar-refractivity contribution in [2.45, 2.75) is 37.6 Å². The first-order chi connectivity index (χ1) is 13.5. The predicted molar refractivity (Wildman–Crippen MR) is 105 cm³/mol. The molecule has 3 heterocycles. The Labute approximate surface area is 165 Å². The van der Waals surface area contributed by atoms with E-state index in [-0.39, 0.29) is 5.91 Å². The molecule has 1 spiro atoms. The fraction of sp³-hybridized carbons (Fsp3) is 0.524. The zero-order valence-corrected chi connectivity index (χ0v) is 16.8. The van der Waals surface area contributed by atoms with E-state index in [9.17, 15) is 4.79 Å². The molecule has 7 heteroatoms. The molecule has 1 aromatic carbocycles. The Hall–Kier alpha value is -2.38. The van der Waals surface area contributed by atoms with Crippen LogP contribution in [0.25, 0.3) is 0 Å². The number of fused-ring (bicyclic) bond motifs is 2. The maximum atomic E-state index is 12.6. The molecule has 1 saturated heterocycles. The second-order valence-corrected chi connectivity index (χ2v) is 7.86. The third kappa shape index (κ3) is 3.52. The van der Waals surface area contributed by atoms with E-state index < -0.39 is 11.7 Å². The Morgan fingerprint density at radius 2 is 2.00 bits per heavy atom. The summed E-state index contributed by atoms with van der Waals surface area (Å²) in [5.41, 5.74) is 0.789. The number of likely N-dealkylation sites (tertiary alicyclic amines) is 1. The molecule has 1 unspecified atom stereocenters. The van der Waals surface area contributed by atoms with Crippen molar-refractivity contribution in [3.05, 3.63) is 48.0 Å². The van der Waals surface area contributed by atoms with Crippen LogP contribution in [0.3, 0.4) is 0 Å². The molecule has 1 atom stereocenters. The van der Waals surface area contributed by atoms with Gasteiger partial charge in [-0.25, -0.2) is 4.98 Å². The van der Waals surface area contributed by atoms with Gasteiger partial charge in [0.2, 0.25) is 0 Å². The van der Waals surface area contributed by atoms with Crippen LogP contribution in [-0.2, 0) is 28.2 Å². The second kappa shape index (κ2) is 7.56. The quantitative estimate of drug-likeness (QED) is 0.805. The van der Waals surface area contributed by atoms with Gasteiger partial charge in [-0.3, -0.25) is 9.69 Å². The first-order valence-electron chi connectivity index (χ1n) is 9.77. The van der Waals surface area contributed by atoms with Crippen molar-refractivity contribution < 1.29 is 14.3 Å². The van der Waals surface area contributed by atoms with Gasteiger partial charge in [-0.05, 0) is 30.5 Å². The number of nitrogens with zero attached hydrogens (tertiary/aromatic N) is 4. The zero-order valence-electron chi connectivity index (χ0n) is 16.8. The van der Waals surface area contributed by atoms with Gasteiger partial charge in [-0.1, -0.05) is 12.1 Å². The van der Waals surface area contributed by atoms with Gasteiger partial charge < -0.3 is 18.9 Å². The number of ether oxygens (including phenoxy) is 2. The van der Waals surface area contributed by atoms with Gasteiger partial charge in [-0.2, -0.15) is 0 Å². The molecule has 0 radical (unpaired) electrons. The van der Waals surface area contributed by atoms with Gasteiger partial charge in [0, 0.05) is 46.1 Å². The van der Waals surface area contributed by atoms with Crippen molar-refractivity contribution in [2.24, 2.45) is 0 Å². The Morgan fingerprint density at radius 3 is 2.64 bits per heavy atom. The van der Waals surface area contributed by atoms with Gasteiger partial charge in [0.1, 0.15) is 17.2 Å². The molecule has 0 saturated carbocycles. The summed E-state index contributed by atoms with van der Waals surface area (Å²) in [7, 11) is 5.24. The molecule has 2 aliphatic heterocycles. The highest BCUT2D eigenvalue weighted by Crippen LogP contribution is 2.40. The lowest BCUT2D eigenvalue weighted by Gasteiger charge is -2.45. The molecule has 2 aliphatic rings. The van der Waals surface area contributed by atoms with E-state index in [0.717, 1.165) is 44.0 Å². The van der Waals surface area contributed by atoms with E-state index in [1.807, 2.05) is 24.5 Å². The van der Waals surface area contributed by atoms with Crippen LogP contribution < -0.4 is 4.74 Å². The van der Waals surface area contributed by atoms with Gasteiger partial charge in [0.05, 0.1) is 13.7 Å². The van der Waals surface area contributed by atoms with E-state index in [4.69, 9.17) is 9.47 Å². The molecule has 0 aliphatic carbocycles. The number of carbonyl (C=O) groups excluding carboxylic acids is 1. The highest BCUT2D eigenvalue weighted by molar-refractivity contribution is 5.80. The van der Waals surface area contributed by atoms with Crippen molar-refractivity contribution in [1.82, 2.24) is 19.4 Å². The number of amides is 1. The van der Waals surface area contributed by atoms with Gasteiger partial charge in [0.25, 0.3) is 5.91 Å². The SMILES string of the molecule is COc1ccc(CN2CCC3(CC2)OC(C(=O)N(C)C)Cn2ccnc23)cc1. The molecule has 0 N–H and O–H groups in total. The maximum Gasteiger partial charge on any atom is 0.253 e. The fourth-order valence-corrected chi connectivity index (χ4v) is 4.22. The lowest BCUT2D eigenvalue weighted by atomic mass is 9.88. The smallest absolute Gasteiger partial charge is 0.253 e. The van der Waals surface area contributed by atoms with Gasteiger partial charge in [0.15, 0.2) is 6.10 Å². The number of hydrogen-bond donors (Lipinski definition) is 0. The summed E-state index contributed by atoms with van der Waals surface area (Å²) in [6, 6.07) is 8.22. The van der Waals surface area contributed by atoms with E-state index >= 15 is 0 Å². The molecule has 0 bridgehead atoms. The van der Waals surface area contributed by atoms with Crippen molar-refractivity contribution in [1.29, 1.82) is 0 Å². The number of piperidine rings is 1. The first-order valence-corrected chi connectivity index (χ1v) is 9.77. The van der Waals surface area contributed by atoms with E-state index in [0.29, 0.717) is 6.54 Å². The van der Waals surface area contributed by atoms with Gasteiger partial charge in [-0.15, -0.1) is 0 Å². The summed E-state index contributed by atoms with van der Waals surface area (Å²) in [4.78, 5) is 21.2. The van der Waals surface area contributed by atoms with Crippen LogP contribution in [0.1, 0.15) is 24.2 Å². The minimum atomic E-state index is -0.478. The van der Waals surface area contributed by atoms with E-state index in [1.54, 1.807) is 26.1 Å². The van der Waals surface area contributed by atoms with Crippen LogP contribution in [0.2, 0.25) is 0 Å². The highest BCUT2D eigenvalue weighted by Gasteiger charge is 2.47. The molecule has 150 valence electrons. The lowest BCUT2D eigenvalue weighted by molar-refractivity contribution is -0.179. The van der Waals surface area contributed by atoms with Crippen LogP contribution >= 0.6 is 0 Å². The summed E-state index contributed by atoms with van der Waals surface area (Å²) in [5, 5.41) is 0. The zero-order chi connectivity index (χ0) is 19.7. The monoisotopic (exact) mass is 384 g/mol. The number of hydrogen-bond acceptors (Lipinski definition) is 5. The molecule has 1 amide bonds. The molecule has 28 heavy (non-hydrogen) atoms. The van der Waals surface area contributed by atoms with Crippen molar-refractivity contribution in [3.63, 3.8) is 0 Å². The molecule has 4 rings (SSSR count). The second-order valence-electron chi connectivity index (χ2n) is 7.86. The minimum absolute atomic E-state index is 0.0133. The number of aromatic nitrogens is 2. The average molecular weight is 384 g/mol. The standard InChI is InChI=1S/C21H28N4O3/c1-23(2)19(26)18-15-25-13-10-22-20(25)21(28-18)8-11-24(12-9-21)14-16-4-6-17(27-3)7-5-16/h4-7,10,13,18H,8-9,11-12,14-15H2,1-3H3. The van der Waals surface area contributed by atoms with Crippen molar-refractivity contribution in [3.8, 4) is 5.75 Å². The largest absolute Gasteiger partial charge is 0.497 e. The molecular formula is C21H28N4O3. The third-order valence-electron chi connectivity index (χ3n) is 5.80. The number of benzene rings is 1. The van der Waals surface area contributed by atoms with Crippen molar-refractivity contribution in [2.75, 3.05) is 34.3 Å². The van der Waals surface area contributed by atoms with E-state index in [2.05, 4.69) is 26.6 Å². The van der Waals surface area contributed by atoms with E-state index in [1.165, 1.54) is 5.56 Å². The number of methoxy groups -OCH3 is 1. The third-order valence-corrected chi connectivity index (χ3v) is 5.80.